The van der Waals surface area contributed by atoms with Gasteiger partial charge in [-0.3, -0.25) is 9.69 Å². The minimum absolute atomic E-state index is 0.0925. The van der Waals surface area contributed by atoms with Gasteiger partial charge in [0.15, 0.2) is 15.7 Å². The number of anilines is 1. The third kappa shape index (κ3) is 5.70. The van der Waals surface area contributed by atoms with E-state index in [1.54, 1.807) is 0 Å². The number of aromatic nitrogens is 2. The van der Waals surface area contributed by atoms with Crippen LogP contribution in [-0.2, 0) is 16.4 Å². The highest BCUT2D eigenvalue weighted by molar-refractivity contribution is 7.91. The number of allylic oxidation sites excluding steroid dienone is 2. The van der Waals surface area contributed by atoms with Crippen LogP contribution in [0.2, 0.25) is 0 Å². The van der Waals surface area contributed by atoms with Crippen molar-refractivity contribution >= 4 is 27.0 Å². The maximum atomic E-state index is 12.7. The average molecular weight is 468 g/mol. The Bertz CT molecular complexity index is 1220. The van der Waals surface area contributed by atoms with Crippen LogP contribution in [0.4, 0.5) is 5.69 Å². The molecule has 0 spiro atoms. The van der Waals surface area contributed by atoms with Gasteiger partial charge in [-0.05, 0) is 47.9 Å². The van der Waals surface area contributed by atoms with Crippen LogP contribution in [-0.4, -0.2) is 53.8 Å². The zero-order valence-corrected chi connectivity index (χ0v) is 19.8. The fourth-order valence-corrected chi connectivity index (χ4v) is 5.50. The number of nitrogens with zero attached hydrogens (tertiary/aromatic N) is 3. The number of imidazole rings is 1. The van der Waals surface area contributed by atoms with Crippen LogP contribution in [0.5, 0.6) is 0 Å². The third-order valence-corrected chi connectivity index (χ3v) is 8.01. The van der Waals surface area contributed by atoms with Gasteiger partial charge < -0.3 is 10.3 Å². The van der Waals surface area contributed by atoms with E-state index in [2.05, 4.69) is 46.2 Å². The maximum absolute atomic E-state index is 12.7. The molecule has 0 bridgehead atoms. The van der Waals surface area contributed by atoms with E-state index in [0.717, 1.165) is 30.4 Å². The lowest BCUT2D eigenvalue weighted by Crippen LogP contribution is -2.39. The molecule has 1 aromatic heterocycles. The summed E-state index contributed by atoms with van der Waals surface area (Å²) in [6.07, 6.45) is 6.54. The summed E-state index contributed by atoms with van der Waals surface area (Å²) in [7, 11) is -2.92. The molecule has 2 aromatic rings. The molecule has 2 N–H and O–H groups in total. The Hall–Kier alpha value is -2.96. The summed E-state index contributed by atoms with van der Waals surface area (Å²) in [4.78, 5) is 21.6. The number of rotatable bonds is 5. The van der Waals surface area contributed by atoms with E-state index in [-0.39, 0.29) is 28.4 Å². The molecule has 1 fully saturated rings. The van der Waals surface area contributed by atoms with Crippen LogP contribution in [0, 0.1) is 16.7 Å². The molecule has 9 heteroatoms. The quantitative estimate of drug-likeness (QED) is 0.696. The van der Waals surface area contributed by atoms with Crippen molar-refractivity contribution in [2.75, 3.05) is 29.9 Å². The molecule has 0 unspecified atom stereocenters. The monoisotopic (exact) mass is 467 g/mol. The third-order valence-electron chi connectivity index (χ3n) is 6.40. The Morgan fingerprint density at radius 2 is 2.06 bits per heavy atom. The molecule has 0 atom stereocenters. The van der Waals surface area contributed by atoms with Crippen LogP contribution in [0.25, 0.3) is 5.57 Å². The molecule has 0 saturated carbocycles. The molecule has 33 heavy (non-hydrogen) atoms. The first-order valence-corrected chi connectivity index (χ1v) is 13.0. The topological polar surface area (TPSA) is 119 Å². The lowest BCUT2D eigenvalue weighted by Gasteiger charge is -2.30. The first kappa shape index (κ1) is 23.2. The number of carbonyl (C=O) groups is 1. The second-order valence-corrected chi connectivity index (χ2v) is 11.9. The number of carbonyl (C=O) groups excluding carboxylic acids is 1. The molecule has 1 aliphatic carbocycles. The highest BCUT2D eigenvalue weighted by Gasteiger charge is 2.25. The summed E-state index contributed by atoms with van der Waals surface area (Å²) in [6.45, 7) is 6.25. The number of amides is 1. The van der Waals surface area contributed by atoms with E-state index >= 15 is 0 Å². The average Bonchev–Trinajstić information content (AvgIpc) is 3.26. The van der Waals surface area contributed by atoms with Gasteiger partial charge in [0.25, 0.3) is 5.91 Å². The van der Waals surface area contributed by atoms with E-state index < -0.39 is 15.7 Å². The van der Waals surface area contributed by atoms with Gasteiger partial charge in [-0.2, -0.15) is 5.26 Å². The van der Waals surface area contributed by atoms with Gasteiger partial charge in [0.1, 0.15) is 11.8 Å². The number of hydrogen-bond acceptors (Lipinski definition) is 6. The highest BCUT2D eigenvalue weighted by Crippen LogP contribution is 2.40. The van der Waals surface area contributed by atoms with Gasteiger partial charge in [-0.15, -0.1) is 0 Å². The molecule has 2 aliphatic rings. The molecule has 1 amide bonds. The van der Waals surface area contributed by atoms with E-state index in [1.807, 2.05) is 18.2 Å². The molecular formula is C24H29N5O3S. The van der Waals surface area contributed by atoms with Gasteiger partial charge in [-0.1, -0.05) is 26.0 Å². The SMILES string of the molecule is CC1(C)CC=C(c2cc(CN3CCS(=O)(=O)CC3)ccc2NC(=O)c2ncc(C#N)[nH]2)CC1. The van der Waals surface area contributed by atoms with E-state index in [4.69, 9.17) is 5.26 Å². The summed E-state index contributed by atoms with van der Waals surface area (Å²) in [6, 6.07) is 7.91. The number of H-pyrrole nitrogens is 1. The predicted molar refractivity (Wildman–Crippen MR) is 127 cm³/mol. The Morgan fingerprint density at radius 1 is 1.30 bits per heavy atom. The van der Waals surface area contributed by atoms with Crippen molar-refractivity contribution in [2.24, 2.45) is 5.41 Å². The normalized spacial score (nSPS) is 20.0. The molecule has 0 radical (unpaired) electrons. The van der Waals surface area contributed by atoms with Crippen molar-refractivity contribution < 1.29 is 13.2 Å². The molecular weight excluding hydrogens is 438 g/mol. The zero-order chi connectivity index (χ0) is 23.6. The fourth-order valence-electron chi connectivity index (χ4n) is 4.23. The van der Waals surface area contributed by atoms with Gasteiger partial charge in [0.05, 0.1) is 17.7 Å². The van der Waals surface area contributed by atoms with Gasteiger partial charge in [0.2, 0.25) is 0 Å². The van der Waals surface area contributed by atoms with E-state index in [9.17, 15) is 13.2 Å². The smallest absolute Gasteiger partial charge is 0.291 e. The number of nitriles is 1. The standard InChI is InChI=1S/C24H29N5O3S/c1-24(2)7-5-18(6-8-24)20-13-17(16-29-9-11-33(31,32)12-10-29)3-4-21(20)28-23(30)22-26-15-19(14-25)27-22/h3-5,13,15H,6-12,16H2,1-2H3,(H,26,27)(H,28,30). The van der Waals surface area contributed by atoms with Gasteiger partial charge in [0, 0.05) is 30.9 Å². The molecule has 4 rings (SSSR count). The van der Waals surface area contributed by atoms with Crippen LogP contribution < -0.4 is 5.32 Å². The summed E-state index contributed by atoms with van der Waals surface area (Å²) >= 11 is 0. The molecule has 1 aliphatic heterocycles. The number of aromatic amines is 1. The van der Waals surface area contributed by atoms with E-state index in [0.29, 0.717) is 25.3 Å². The maximum Gasteiger partial charge on any atom is 0.291 e. The van der Waals surface area contributed by atoms with Crippen LogP contribution in [0.1, 0.15) is 60.5 Å². The number of sulfone groups is 1. The molecule has 1 saturated heterocycles. The molecule has 174 valence electrons. The Labute approximate surface area is 194 Å². The number of benzene rings is 1. The number of hydrogen-bond donors (Lipinski definition) is 2. The van der Waals surface area contributed by atoms with Crippen molar-refractivity contribution in [3.8, 4) is 6.07 Å². The van der Waals surface area contributed by atoms with Crippen LogP contribution in [0.15, 0.2) is 30.5 Å². The molecule has 8 nitrogen and oxygen atoms in total. The lowest BCUT2D eigenvalue weighted by molar-refractivity contribution is 0.101. The minimum atomic E-state index is -2.92. The Balaban J connectivity index is 1.59. The fraction of sp³-hybridized carbons (Fsp3) is 0.458. The van der Waals surface area contributed by atoms with Crippen molar-refractivity contribution in [1.82, 2.24) is 14.9 Å². The van der Waals surface area contributed by atoms with Crippen molar-refractivity contribution in [3.05, 3.63) is 53.1 Å². The van der Waals surface area contributed by atoms with Crippen molar-refractivity contribution in [2.45, 2.75) is 39.7 Å². The Morgan fingerprint density at radius 3 is 2.70 bits per heavy atom. The lowest BCUT2D eigenvalue weighted by atomic mass is 9.76. The summed E-state index contributed by atoms with van der Waals surface area (Å²) in [5, 5.41) is 11.9. The number of nitrogens with one attached hydrogen (secondary N) is 2. The Kier molecular flexibility index (Phi) is 6.41. The van der Waals surface area contributed by atoms with Gasteiger partial charge in [-0.25, -0.2) is 13.4 Å². The molecule has 1 aromatic carbocycles. The van der Waals surface area contributed by atoms with Crippen LogP contribution >= 0.6 is 0 Å². The summed E-state index contributed by atoms with van der Waals surface area (Å²) in [5.74, 6) is 0.0859. The first-order chi connectivity index (χ1) is 15.6. The summed E-state index contributed by atoms with van der Waals surface area (Å²) in [5.41, 5.74) is 4.45. The second-order valence-electron chi connectivity index (χ2n) is 9.62. The van der Waals surface area contributed by atoms with Crippen molar-refractivity contribution in [3.63, 3.8) is 0 Å². The summed E-state index contributed by atoms with van der Waals surface area (Å²) < 4.78 is 23.5. The minimum Gasteiger partial charge on any atom is -0.326 e. The second kappa shape index (κ2) is 9.12. The predicted octanol–water partition coefficient (Wildman–Crippen LogP) is 3.36. The molecule has 2 heterocycles. The highest BCUT2D eigenvalue weighted by atomic mass is 32.2. The van der Waals surface area contributed by atoms with Gasteiger partial charge >= 0.3 is 0 Å². The largest absolute Gasteiger partial charge is 0.326 e. The zero-order valence-electron chi connectivity index (χ0n) is 19.0. The van der Waals surface area contributed by atoms with E-state index in [1.165, 1.54) is 11.8 Å². The van der Waals surface area contributed by atoms with Crippen LogP contribution in [0.3, 0.4) is 0 Å². The first-order valence-electron chi connectivity index (χ1n) is 11.2. The van der Waals surface area contributed by atoms with Crippen molar-refractivity contribution in [1.29, 1.82) is 5.26 Å².